The molecule has 1 aromatic heterocycles. The van der Waals surface area contributed by atoms with E-state index in [-0.39, 0.29) is 11.7 Å². The molecule has 1 aromatic carbocycles. The van der Waals surface area contributed by atoms with Crippen molar-refractivity contribution in [3.05, 3.63) is 54.4 Å². The van der Waals surface area contributed by atoms with Gasteiger partial charge < -0.3 is 9.80 Å². The molecule has 3 heterocycles. The topological polar surface area (TPSA) is 73.8 Å². The van der Waals surface area contributed by atoms with Crippen molar-refractivity contribution in [2.24, 2.45) is 0 Å². The summed E-state index contributed by atoms with van der Waals surface area (Å²) in [6, 6.07) is 10.9. The average molecular weight is 386 g/mol. The summed E-state index contributed by atoms with van der Waals surface area (Å²) in [5, 5.41) is 0. The van der Waals surface area contributed by atoms with Gasteiger partial charge in [-0.05, 0) is 36.8 Å². The van der Waals surface area contributed by atoms with Crippen molar-refractivity contribution >= 4 is 27.3 Å². The van der Waals surface area contributed by atoms with Crippen LogP contribution in [0.4, 0.5) is 11.4 Å². The molecule has 2 aliphatic rings. The Morgan fingerprint density at radius 3 is 2.33 bits per heavy atom. The maximum atomic E-state index is 12.9. The standard InChI is InChI=1S/C19H22N4O3S/c24-19(22-12-10-21(11-13-22)17-5-7-20-8-6-17)16-3-1-4-18(15-16)23-9-2-14-27(23,25)26/h1,3-8,15H,2,9-14H2. The number of rotatable bonds is 3. The van der Waals surface area contributed by atoms with E-state index in [1.54, 1.807) is 36.7 Å². The third kappa shape index (κ3) is 3.62. The van der Waals surface area contributed by atoms with Crippen LogP contribution in [0.2, 0.25) is 0 Å². The van der Waals surface area contributed by atoms with E-state index in [2.05, 4.69) is 9.88 Å². The average Bonchev–Trinajstić information content (AvgIpc) is 3.07. The number of nitrogens with zero attached hydrogens (tertiary/aromatic N) is 4. The molecule has 7 nitrogen and oxygen atoms in total. The van der Waals surface area contributed by atoms with Gasteiger partial charge >= 0.3 is 0 Å². The highest BCUT2D eigenvalue weighted by molar-refractivity contribution is 7.93. The quantitative estimate of drug-likeness (QED) is 0.801. The van der Waals surface area contributed by atoms with Gasteiger partial charge in [-0.2, -0.15) is 0 Å². The van der Waals surface area contributed by atoms with Crippen LogP contribution >= 0.6 is 0 Å². The van der Waals surface area contributed by atoms with Crippen LogP contribution in [-0.4, -0.2) is 62.7 Å². The minimum absolute atomic E-state index is 0.0529. The number of hydrogen-bond donors (Lipinski definition) is 0. The van der Waals surface area contributed by atoms with Crippen LogP contribution in [-0.2, 0) is 10.0 Å². The molecule has 0 radical (unpaired) electrons. The predicted molar refractivity (Wildman–Crippen MR) is 105 cm³/mol. The SMILES string of the molecule is O=C(c1cccc(N2CCCS2(=O)=O)c1)N1CCN(c2ccncc2)CC1. The highest BCUT2D eigenvalue weighted by Gasteiger charge is 2.29. The summed E-state index contributed by atoms with van der Waals surface area (Å²) in [6.07, 6.45) is 4.16. The monoisotopic (exact) mass is 386 g/mol. The van der Waals surface area contributed by atoms with E-state index in [0.717, 1.165) is 18.8 Å². The molecule has 2 aliphatic heterocycles. The van der Waals surface area contributed by atoms with Crippen molar-refractivity contribution in [3.63, 3.8) is 0 Å². The van der Waals surface area contributed by atoms with E-state index >= 15 is 0 Å². The molecule has 27 heavy (non-hydrogen) atoms. The zero-order chi connectivity index (χ0) is 18.9. The molecule has 0 bridgehead atoms. The lowest BCUT2D eigenvalue weighted by molar-refractivity contribution is 0.0747. The number of sulfonamides is 1. The Kier molecular flexibility index (Phi) is 4.73. The molecule has 0 N–H and O–H groups in total. The first-order valence-corrected chi connectivity index (χ1v) is 10.7. The Morgan fingerprint density at radius 1 is 0.926 bits per heavy atom. The molecule has 2 aromatic rings. The van der Waals surface area contributed by atoms with E-state index in [1.165, 1.54) is 4.31 Å². The van der Waals surface area contributed by atoms with Gasteiger partial charge in [0.05, 0.1) is 11.4 Å². The molecule has 2 fully saturated rings. The van der Waals surface area contributed by atoms with Crippen molar-refractivity contribution in [3.8, 4) is 0 Å². The lowest BCUT2D eigenvalue weighted by Gasteiger charge is -2.36. The van der Waals surface area contributed by atoms with Gasteiger partial charge in [-0.1, -0.05) is 6.07 Å². The summed E-state index contributed by atoms with van der Waals surface area (Å²) in [5.41, 5.74) is 2.22. The van der Waals surface area contributed by atoms with Crippen LogP contribution in [0.15, 0.2) is 48.8 Å². The molecule has 0 spiro atoms. The first kappa shape index (κ1) is 17.8. The second kappa shape index (κ2) is 7.19. The summed E-state index contributed by atoms with van der Waals surface area (Å²) >= 11 is 0. The number of pyridine rings is 1. The lowest BCUT2D eigenvalue weighted by Crippen LogP contribution is -2.48. The Hall–Kier alpha value is -2.61. The van der Waals surface area contributed by atoms with E-state index in [1.807, 2.05) is 17.0 Å². The van der Waals surface area contributed by atoms with E-state index in [0.29, 0.717) is 37.3 Å². The Labute approximate surface area is 159 Å². The maximum Gasteiger partial charge on any atom is 0.254 e. The van der Waals surface area contributed by atoms with Crippen molar-refractivity contribution < 1.29 is 13.2 Å². The number of benzene rings is 1. The molecule has 4 rings (SSSR count). The van der Waals surface area contributed by atoms with Gasteiger partial charge in [-0.3, -0.25) is 14.1 Å². The summed E-state index contributed by atoms with van der Waals surface area (Å²) < 4.78 is 25.7. The van der Waals surface area contributed by atoms with Crippen molar-refractivity contribution in [2.45, 2.75) is 6.42 Å². The van der Waals surface area contributed by atoms with Crippen LogP contribution in [0.1, 0.15) is 16.8 Å². The summed E-state index contributed by atoms with van der Waals surface area (Å²) in [5.74, 6) is 0.116. The molecule has 2 saturated heterocycles. The molecular formula is C19H22N4O3S. The molecule has 1 amide bonds. The highest BCUT2D eigenvalue weighted by Crippen LogP contribution is 2.25. The zero-order valence-electron chi connectivity index (χ0n) is 15.0. The number of aromatic nitrogens is 1. The third-order valence-electron chi connectivity index (χ3n) is 5.08. The minimum Gasteiger partial charge on any atom is -0.368 e. The van der Waals surface area contributed by atoms with Crippen LogP contribution in [0, 0.1) is 0 Å². The lowest BCUT2D eigenvalue weighted by atomic mass is 10.1. The normalized spacial score (nSPS) is 19.3. The van der Waals surface area contributed by atoms with Gasteiger partial charge in [0.25, 0.3) is 5.91 Å². The van der Waals surface area contributed by atoms with Gasteiger partial charge in [-0.25, -0.2) is 8.42 Å². The molecule has 0 atom stereocenters. The van der Waals surface area contributed by atoms with Gasteiger partial charge in [0.2, 0.25) is 10.0 Å². The first-order chi connectivity index (χ1) is 13.0. The van der Waals surface area contributed by atoms with Crippen LogP contribution in [0.25, 0.3) is 0 Å². The van der Waals surface area contributed by atoms with E-state index < -0.39 is 10.0 Å². The highest BCUT2D eigenvalue weighted by atomic mass is 32.2. The minimum atomic E-state index is -3.25. The number of piperazine rings is 1. The Morgan fingerprint density at radius 2 is 1.67 bits per heavy atom. The summed E-state index contributed by atoms with van der Waals surface area (Å²) in [6.45, 7) is 3.26. The second-order valence-corrected chi connectivity index (χ2v) is 8.79. The van der Waals surface area contributed by atoms with Gasteiger partial charge in [0.1, 0.15) is 0 Å². The number of anilines is 2. The summed E-state index contributed by atoms with van der Waals surface area (Å²) in [4.78, 5) is 21.0. The van der Waals surface area contributed by atoms with E-state index in [9.17, 15) is 13.2 Å². The number of amides is 1. The molecule has 8 heteroatoms. The molecular weight excluding hydrogens is 364 g/mol. The number of hydrogen-bond acceptors (Lipinski definition) is 5. The Balaban J connectivity index is 1.46. The molecule has 0 aliphatic carbocycles. The smallest absolute Gasteiger partial charge is 0.254 e. The largest absolute Gasteiger partial charge is 0.368 e. The van der Waals surface area contributed by atoms with Crippen LogP contribution in [0.3, 0.4) is 0 Å². The molecule has 0 unspecified atom stereocenters. The number of carbonyl (C=O) groups is 1. The van der Waals surface area contributed by atoms with Crippen molar-refractivity contribution in [1.29, 1.82) is 0 Å². The van der Waals surface area contributed by atoms with Crippen molar-refractivity contribution in [2.75, 3.05) is 47.7 Å². The first-order valence-electron chi connectivity index (χ1n) is 9.09. The second-order valence-electron chi connectivity index (χ2n) is 6.78. The van der Waals surface area contributed by atoms with Gasteiger partial charge in [0.15, 0.2) is 0 Å². The fourth-order valence-corrected chi connectivity index (χ4v) is 5.19. The molecule has 0 saturated carbocycles. The fourth-order valence-electron chi connectivity index (χ4n) is 3.63. The van der Waals surface area contributed by atoms with Gasteiger partial charge in [-0.15, -0.1) is 0 Å². The number of carbonyl (C=O) groups excluding carboxylic acids is 1. The summed E-state index contributed by atoms with van der Waals surface area (Å²) in [7, 11) is -3.25. The third-order valence-corrected chi connectivity index (χ3v) is 6.94. The maximum absolute atomic E-state index is 12.9. The zero-order valence-corrected chi connectivity index (χ0v) is 15.8. The van der Waals surface area contributed by atoms with Crippen LogP contribution < -0.4 is 9.21 Å². The van der Waals surface area contributed by atoms with Crippen LogP contribution in [0.5, 0.6) is 0 Å². The van der Waals surface area contributed by atoms with Crippen molar-refractivity contribution in [1.82, 2.24) is 9.88 Å². The Bertz CT molecular complexity index is 925. The van der Waals surface area contributed by atoms with Gasteiger partial charge in [0, 0.05) is 56.4 Å². The fraction of sp³-hybridized carbons (Fsp3) is 0.368. The molecule has 142 valence electrons. The predicted octanol–water partition coefficient (Wildman–Crippen LogP) is 1.58. The van der Waals surface area contributed by atoms with E-state index in [4.69, 9.17) is 0 Å².